The number of Topliss-reactive ketones (excluding diaryl/α,β-unsaturated/α-hetero) is 1. The lowest BCUT2D eigenvalue weighted by molar-refractivity contribution is 0.0814. The Hall–Kier alpha value is -1.11. The molecule has 0 fully saturated rings. The summed E-state index contributed by atoms with van der Waals surface area (Å²) in [5, 5.41) is 0. The van der Waals surface area contributed by atoms with Crippen LogP contribution in [-0.4, -0.2) is 5.78 Å². The molecule has 1 unspecified atom stereocenters. The number of ketones is 1. The van der Waals surface area contributed by atoms with Gasteiger partial charge in [0, 0.05) is 11.5 Å². The Bertz CT molecular complexity index is 324. The average molecular weight is 204 g/mol. The Balaban J connectivity index is 2.87. The van der Waals surface area contributed by atoms with E-state index in [4.69, 9.17) is 0 Å². The van der Waals surface area contributed by atoms with Crippen LogP contribution in [0.2, 0.25) is 0 Å². The van der Waals surface area contributed by atoms with Gasteiger partial charge in [-0.05, 0) is 5.41 Å². The van der Waals surface area contributed by atoms with Gasteiger partial charge in [0.15, 0.2) is 5.78 Å². The zero-order chi connectivity index (χ0) is 11.5. The van der Waals surface area contributed by atoms with Crippen molar-refractivity contribution in [2.45, 2.75) is 34.1 Å². The van der Waals surface area contributed by atoms with Crippen LogP contribution >= 0.6 is 0 Å². The third-order valence-corrected chi connectivity index (χ3v) is 3.54. The van der Waals surface area contributed by atoms with Crippen LogP contribution in [-0.2, 0) is 0 Å². The first-order valence-corrected chi connectivity index (χ1v) is 5.58. The van der Waals surface area contributed by atoms with E-state index in [2.05, 4.69) is 20.8 Å². The molecule has 15 heavy (non-hydrogen) atoms. The number of hydrogen-bond donors (Lipinski definition) is 0. The van der Waals surface area contributed by atoms with Gasteiger partial charge in [0.1, 0.15) is 0 Å². The molecule has 0 N–H and O–H groups in total. The maximum absolute atomic E-state index is 12.2. The van der Waals surface area contributed by atoms with E-state index in [9.17, 15) is 4.79 Å². The molecule has 1 nitrogen and oxygen atoms in total. The van der Waals surface area contributed by atoms with Crippen LogP contribution in [0.3, 0.4) is 0 Å². The second kappa shape index (κ2) is 4.61. The average Bonchev–Trinajstić information content (AvgIpc) is 2.28. The van der Waals surface area contributed by atoms with Crippen molar-refractivity contribution in [2.24, 2.45) is 11.3 Å². The number of carbonyl (C=O) groups excluding carboxylic acids is 1. The molecule has 0 heterocycles. The van der Waals surface area contributed by atoms with Crippen molar-refractivity contribution in [3.63, 3.8) is 0 Å². The van der Waals surface area contributed by atoms with Crippen molar-refractivity contribution >= 4 is 5.78 Å². The molecule has 1 rings (SSSR count). The number of carbonyl (C=O) groups is 1. The Labute approximate surface area is 92.5 Å². The van der Waals surface area contributed by atoms with E-state index in [1.807, 2.05) is 37.3 Å². The van der Waals surface area contributed by atoms with Crippen molar-refractivity contribution in [1.29, 1.82) is 0 Å². The summed E-state index contributed by atoms with van der Waals surface area (Å²) in [5.74, 6) is 0.326. The molecule has 1 aromatic carbocycles. The first-order valence-electron chi connectivity index (χ1n) is 5.58. The first kappa shape index (κ1) is 12.0. The van der Waals surface area contributed by atoms with Crippen molar-refractivity contribution in [3.05, 3.63) is 35.9 Å². The zero-order valence-corrected chi connectivity index (χ0v) is 10.1. The van der Waals surface area contributed by atoms with E-state index in [1.54, 1.807) is 0 Å². The van der Waals surface area contributed by atoms with Crippen LogP contribution in [0.4, 0.5) is 0 Å². The molecule has 1 atom stereocenters. The van der Waals surface area contributed by atoms with E-state index in [1.165, 1.54) is 0 Å². The van der Waals surface area contributed by atoms with E-state index in [-0.39, 0.29) is 17.1 Å². The summed E-state index contributed by atoms with van der Waals surface area (Å²) in [6.45, 7) is 8.46. The van der Waals surface area contributed by atoms with Gasteiger partial charge in [-0.3, -0.25) is 4.79 Å². The monoisotopic (exact) mass is 204 g/mol. The predicted octanol–water partition coefficient (Wildman–Crippen LogP) is 3.94. The van der Waals surface area contributed by atoms with Crippen LogP contribution in [0.5, 0.6) is 0 Å². The van der Waals surface area contributed by atoms with Gasteiger partial charge in [-0.2, -0.15) is 0 Å². The third-order valence-electron chi connectivity index (χ3n) is 3.54. The first-order chi connectivity index (χ1) is 6.99. The molecule has 0 aliphatic carbocycles. The SMILES string of the molecule is CCC(C)(C)C(C)C(=O)c1ccccc1. The molecule has 0 amide bonds. The molecule has 0 aliphatic heterocycles. The lowest BCUT2D eigenvalue weighted by atomic mass is 9.74. The molecule has 1 aromatic rings. The highest BCUT2D eigenvalue weighted by Gasteiger charge is 2.29. The van der Waals surface area contributed by atoms with Crippen LogP contribution in [0, 0.1) is 11.3 Å². The summed E-state index contributed by atoms with van der Waals surface area (Å²) >= 11 is 0. The van der Waals surface area contributed by atoms with Gasteiger partial charge in [0.05, 0.1) is 0 Å². The second-order valence-electron chi connectivity index (χ2n) is 4.79. The fraction of sp³-hybridized carbons (Fsp3) is 0.500. The Morgan fingerprint density at radius 2 is 1.80 bits per heavy atom. The van der Waals surface area contributed by atoms with Crippen molar-refractivity contribution in [2.75, 3.05) is 0 Å². The molecule has 82 valence electrons. The number of rotatable bonds is 4. The minimum atomic E-state index is 0.0740. The molecule has 0 saturated heterocycles. The lowest BCUT2D eigenvalue weighted by Crippen LogP contribution is -2.28. The maximum atomic E-state index is 12.2. The van der Waals surface area contributed by atoms with Gasteiger partial charge in [0.2, 0.25) is 0 Å². The van der Waals surface area contributed by atoms with Crippen LogP contribution in [0.25, 0.3) is 0 Å². The summed E-state index contributed by atoms with van der Waals surface area (Å²) in [4.78, 5) is 12.2. The van der Waals surface area contributed by atoms with Crippen molar-refractivity contribution in [3.8, 4) is 0 Å². The zero-order valence-electron chi connectivity index (χ0n) is 10.1. The minimum absolute atomic E-state index is 0.0740. The van der Waals surface area contributed by atoms with Gasteiger partial charge in [-0.15, -0.1) is 0 Å². The van der Waals surface area contributed by atoms with Gasteiger partial charge in [-0.25, -0.2) is 0 Å². The maximum Gasteiger partial charge on any atom is 0.166 e. The molecular formula is C14H20O. The summed E-state index contributed by atoms with van der Waals surface area (Å²) < 4.78 is 0. The Morgan fingerprint density at radius 3 is 2.27 bits per heavy atom. The van der Waals surface area contributed by atoms with Crippen molar-refractivity contribution < 1.29 is 4.79 Å². The van der Waals surface area contributed by atoms with E-state index < -0.39 is 0 Å². The van der Waals surface area contributed by atoms with Gasteiger partial charge >= 0.3 is 0 Å². The molecule has 0 bridgehead atoms. The van der Waals surface area contributed by atoms with E-state index in [0.717, 1.165) is 12.0 Å². The topological polar surface area (TPSA) is 17.1 Å². The number of hydrogen-bond acceptors (Lipinski definition) is 1. The number of benzene rings is 1. The summed E-state index contributed by atoms with van der Waals surface area (Å²) in [7, 11) is 0. The highest BCUT2D eigenvalue weighted by Crippen LogP contribution is 2.32. The summed E-state index contributed by atoms with van der Waals surface area (Å²) in [5.41, 5.74) is 0.902. The molecule has 0 aromatic heterocycles. The van der Waals surface area contributed by atoms with Gasteiger partial charge in [0.25, 0.3) is 0 Å². The van der Waals surface area contributed by atoms with E-state index in [0.29, 0.717) is 0 Å². The van der Waals surface area contributed by atoms with E-state index >= 15 is 0 Å². The molecular weight excluding hydrogens is 184 g/mol. The van der Waals surface area contributed by atoms with Crippen LogP contribution in [0.1, 0.15) is 44.5 Å². The highest BCUT2D eigenvalue weighted by atomic mass is 16.1. The van der Waals surface area contributed by atoms with Crippen LogP contribution < -0.4 is 0 Å². The molecule has 0 aliphatic rings. The quantitative estimate of drug-likeness (QED) is 0.679. The highest BCUT2D eigenvalue weighted by molar-refractivity contribution is 5.98. The molecule has 1 heteroatoms. The third kappa shape index (κ3) is 2.68. The fourth-order valence-electron chi connectivity index (χ4n) is 1.51. The Morgan fingerprint density at radius 1 is 1.27 bits per heavy atom. The molecule has 0 spiro atoms. The lowest BCUT2D eigenvalue weighted by Gasteiger charge is -2.29. The predicted molar refractivity (Wildman–Crippen MR) is 64.0 cm³/mol. The minimum Gasteiger partial charge on any atom is -0.294 e. The van der Waals surface area contributed by atoms with Gasteiger partial charge in [-0.1, -0.05) is 64.4 Å². The second-order valence-corrected chi connectivity index (χ2v) is 4.79. The normalized spacial score (nSPS) is 13.6. The summed E-state index contributed by atoms with van der Waals surface area (Å²) in [6, 6.07) is 9.55. The molecule has 0 saturated carbocycles. The van der Waals surface area contributed by atoms with Crippen LogP contribution in [0.15, 0.2) is 30.3 Å². The molecule has 0 radical (unpaired) electrons. The van der Waals surface area contributed by atoms with Gasteiger partial charge < -0.3 is 0 Å². The fourth-order valence-corrected chi connectivity index (χ4v) is 1.51. The smallest absolute Gasteiger partial charge is 0.166 e. The Kier molecular flexibility index (Phi) is 3.67. The summed E-state index contributed by atoms with van der Waals surface area (Å²) in [6.07, 6.45) is 1.02. The largest absolute Gasteiger partial charge is 0.294 e. The van der Waals surface area contributed by atoms with Crippen molar-refractivity contribution in [1.82, 2.24) is 0 Å². The standard InChI is InChI=1S/C14H20O/c1-5-14(3,4)11(2)13(15)12-9-7-6-8-10-12/h6-11H,5H2,1-4H3.